The Morgan fingerprint density at radius 3 is 2.35 bits per heavy atom. The number of hydrogen-bond acceptors (Lipinski definition) is 7. The van der Waals surface area contributed by atoms with E-state index in [9.17, 15) is 0 Å². The highest BCUT2D eigenvalue weighted by atomic mass is 16.5. The zero-order valence-corrected chi connectivity index (χ0v) is 11.6. The number of hydrogen-bond donors (Lipinski definition) is 2. The summed E-state index contributed by atoms with van der Waals surface area (Å²) in [5.74, 6) is 1.34. The molecule has 112 valence electrons. The molecule has 1 saturated heterocycles. The Balaban J connectivity index is 1.81. The predicted octanol–water partition coefficient (Wildman–Crippen LogP) is -0.648. The second-order valence-electron chi connectivity index (χ2n) is 4.70. The summed E-state index contributed by atoms with van der Waals surface area (Å²) < 4.78 is 5.40. The maximum absolute atomic E-state index is 8.91. The number of nitrogens with zero attached hydrogens (tertiary/aromatic N) is 4. The second-order valence-corrected chi connectivity index (χ2v) is 4.70. The van der Waals surface area contributed by atoms with Crippen LogP contribution in [0.25, 0.3) is 0 Å². The fourth-order valence-corrected chi connectivity index (χ4v) is 2.11. The molecule has 7 heteroatoms. The van der Waals surface area contributed by atoms with Crippen molar-refractivity contribution in [2.45, 2.75) is 6.42 Å². The molecule has 0 aromatic carbocycles. The molecule has 1 fully saturated rings. The molecule has 0 aliphatic carbocycles. The minimum absolute atomic E-state index is 0.122. The average molecular weight is 282 g/mol. The molecule has 0 amide bonds. The first-order valence-corrected chi connectivity index (χ1v) is 6.97. The Labute approximate surface area is 118 Å². The minimum Gasteiger partial charge on any atom is -0.490 e. The van der Waals surface area contributed by atoms with E-state index in [4.69, 9.17) is 14.9 Å². The van der Waals surface area contributed by atoms with Gasteiger partial charge in [-0.1, -0.05) is 0 Å². The van der Waals surface area contributed by atoms with E-state index in [1.165, 1.54) is 0 Å². The summed E-state index contributed by atoms with van der Waals surface area (Å²) in [6.07, 6.45) is 3.94. The quantitative estimate of drug-likeness (QED) is 0.643. The number of ether oxygens (including phenoxy) is 1. The van der Waals surface area contributed by atoms with Crippen LogP contribution in [0.2, 0.25) is 0 Å². The minimum atomic E-state index is 0.122. The van der Waals surface area contributed by atoms with Crippen LogP contribution < -0.4 is 9.64 Å². The Hall–Kier alpha value is -1.44. The molecule has 0 spiro atoms. The summed E-state index contributed by atoms with van der Waals surface area (Å²) in [6.45, 7) is 5.09. The first-order chi connectivity index (χ1) is 9.83. The predicted molar refractivity (Wildman–Crippen MR) is 75.0 cm³/mol. The van der Waals surface area contributed by atoms with Gasteiger partial charge in [-0.3, -0.25) is 4.90 Å². The van der Waals surface area contributed by atoms with Crippen molar-refractivity contribution in [3.05, 3.63) is 12.4 Å². The molecule has 1 aromatic rings. The van der Waals surface area contributed by atoms with Crippen molar-refractivity contribution in [2.75, 3.05) is 57.4 Å². The van der Waals surface area contributed by atoms with E-state index in [0.717, 1.165) is 32.7 Å². The van der Waals surface area contributed by atoms with Gasteiger partial charge in [0.1, 0.15) is 0 Å². The van der Waals surface area contributed by atoms with Crippen LogP contribution >= 0.6 is 0 Å². The number of anilines is 1. The number of aliphatic hydroxyl groups is 2. The molecule has 0 atom stereocenters. The molecule has 1 aliphatic rings. The van der Waals surface area contributed by atoms with Gasteiger partial charge in [0.25, 0.3) is 0 Å². The lowest BCUT2D eigenvalue weighted by Crippen LogP contribution is -2.47. The molecule has 0 unspecified atom stereocenters. The molecule has 2 heterocycles. The summed E-state index contributed by atoms with van der Waals surface area (Å²) >= 11 is 0. The zero-order chi connectivity index (χ0) is 14.2. The monoisotopic (exact) mass is 282 g/mol. The summed E-state index contributed by atoms with van der Waals surface area (Å²) in [6, 6.07) is 0. The molecule has 2 N–H and O–H groups in total. The number of aliphatic hydroxyl groups excluding tert-OH is 2. The highest BCUT2D eigenvalue weighted by Gasteiger charge is 2.18. The number of rotatable bonds is 7. The summed E-state index contributed by atoms with van der Waals surface area (Å²) in [4.78, 5) is 13.0. The van der Waals surface area contributed by atoms with Crippen molar-refractivity contribution >= 4 is 5.95 Å². The van der Waals surface area contributed by atoms with Gasteiger partial charge in [-0.05, 0) is 0 Å². The van der Waals surface area contributed by atoms with Gasteiger partial charge in [0.05, 0.1) is 25.6 Å². The topological polar surface area (TPSA) is 82.0 Å². The Morgan fingerprint density at radius 1 is 1.05 bits per heavy atom. The fraction of sp³-hybridized carbons (Fsp3) is 0.692. The summed E-state index contributed by atoms with van der Waals surface area (Å²) in [5.41, 5.74) is 0. The van der Waals surface area contributed by atoms with Crippen molar-refractivity contribution in [3.63, 3.8) is 0 Å². The number of β-amino-alcohol motifs (C(OH)–C–C–N with tert-alkyl or cyclic N) is 1. The Bertz CT molecular complexity index is 380. The van der Waals surface area contributed by atoms with Crippen molar-refractivity contribution in [1.82, 2.24) is 14.9 Å². The van der Waals surface area contributed by atoms with Crippen molar-refractivity contribution in [3.8, 4) is 5.75 Å². The molecular weight excluding hydrogens is 260 g/mol. The van der Waals surface area contributed by atoms with Gasteiger partial charge in [0.15, 0.2) is 5.75 Å². The molecule has 0 saturated carbocycles. The fourth-order valence-electron chi connectivity index (χ4n) is 2.11. The molecule has 7 nitrogen and oxygen atoms in total. The van der Waals surface area contributed by atoms with Crippen LogP contribution in [0, 0.1) is 0 Å². The highest BCUT2D eigenvalue weighted by Crippen LogP contribution is 2.14. The van der Waals surface area contributed by atoms with Gasteiger partial charge in [-0.2, -0.15) is 0 Å². The van der Waals surface area contributed by atoms with Crippen LogP contribution in [-0.2, 0) is 0 Å². The molecule has 2 rings (SSSR count). The normalized spacial score (nSPS) is 16.4. The van der Waals surface area contributed by atoms with Crippen molar-refractivity contribution in [1.29, 1.82) is 0 Å². The molecule has 0 radical (unpaired) electrons. The maximum atomic E-state index is 8.91. The SMILES string of the molecule is OCCCOc1cnc(N2CCN(CCO)CC2)nc1. The van der Waals surface area contributed by atoms with Crippen LogP contribution in [-0.4, -0.2) is 77.6 Å². The maximum Gasteiger partial charge on any atom is 0.225 e. The van der Waals surface area contributed by atoms with Gasteiger partial charge >= 0.3 is 0 Å². The van der Waals surface area contributed by atoms with Gasteiger partial charge in [0.2, 0.25) is 5.95 Å². The first kappa shape index (κ1) is 15.0. The molecule has 0 bridgehead atoms. The lowest BCUT2D eigenvalue weighted by atomic mass is 10.3. The average Bonchev–Trinajstić information content (AvgIpc) is 2.49. The number of aromatic nitrogens is 2. The van der Waals surface area contributed by atoms with Crippen molar-refractivity contribution in [2.24, 2.45) is 0 Å². The van der Waals surface area contributed by atoms with E-state index in [1.807, 2.05) is 0 Å². The standard InChI is InChI=1S/C13H22N4O3/c18-7-1-9-20-12-10-14-13(15-11-12)17-4-2-16(3-5-17)6-8-19/h10-11,18-19H,1-9H2. The van der Waals surface area contributed by atoms with Crippen LogP contribution in [0.3, 0.4) is 0 Å². The largest absolute Gasteiger partial charge is 0.490 e. The lowest BCUT2D eigenvalue weighted by molar-refractivity contribution is 0.188. The lowest BCUT2D eigenvalue weighted by Gasteiger charge is -2.34. The molecule has 1 aliphatic heterocycles. The van der Waals surface area contributed by atoms with E-state index in [0.29, 0.717) is 24.7 Å². The van der Waals surface area contributed by atoms with Crippen LogP contribution in [0.4, 0.5) is 5.95 Å². The van der Waals surface area contributed by atoms with Gasteiger partial charge < -0.3 is 19.8 Å². The molecular formula is C13H22N4O3. The van der Waals surface area contributed by atoms with Crippen LogP contribution in [0.15, 0.2) is 12.4 Å². The summed E-state index contributed by atoms with van der Waals surface area (Å²) in [7, 11) is 0. The molecule has 1 aromatic heterocycles. The van der Waals surface area contributed by atoms with Gasteiger partial charge in [-0.15, -0.1) is 0 Å². The second kappa shape index (κ2) is 7.98. The first-order valence-electron chi connectivity index (χ1n) is 6.97. The van der Waals surface area contributed by atoms with Crippen LogP contribution in [0.5, 0.6) is 5.75 Å². The third-order valence-electron chi connectivity index (χ3n) is 3.26. The number of piperazine rings is 1. The van der Waals surface area contributed by atoms with Crippen molar-refractivity contribution < 1.29 is 14.9 Å². The van der Waals surface area contributed by atoms with E-state index >= 15 is 0 Å². The van der Waals surface area contributed by atoms with E-state index < -0.39 is 0 Å². The van der Waals surface area contributed by atoms with Crippen LogP contribution in [0.1, 0.15) is 6.42 Å². The van der Waals surface area contributed by atoms with E-state index in [2.05, 4.69) is 19.8 Å². The zero-order valence-electron chi connectivity index (χ0n) is 11.6. The Morgan fingerprint density at radius 2 is 1.75 bits per heavy atom. The third kappa shape index (κ3) is 4.29. The Kier molecular flexibility index (Phi) is 5.97. The van der Waals surface area contributed by atoms with E-state index in [-0.39, 0.29) is 13.2 Å². The molecule has 20 heavy (non-hydrogen) atoms. The van der Waals surface area contributed by atoms with Gasteiger partial charge in [0, 0.05) is 45.8 Å². The van der Waals surface area contributed by atoms with Gasteiger partial charge in [-0.25, -0.2) is 9.97 Å². The van der Waals surface area contributed by atoms with E-state index in [1.54, 1.807) is 12.4 Å². The highest BCUT2D eigenvalue weighted by molar-refractivity contribution is 5.32. The smallest absolute Gasteiger partial charge is 0.225 e. The third-order valence-corrected chi connectivity index (χ3v) is 3.26. The summed E-state index contributed by atoms with van der Waals surface area (Å²) in [5, 5.41) is 17.6.